The van der Waals surface area contributed by atoms with E-state index in [9.17, 15) is 20.1 Å². The van der Waals surface area contributed by atoms with Gasteiger partial charge in [0.25, 0.3) is 0 Å². The molecule has 2 fully saturated rings. The van der Waals surface area contributed by atoms with E-state index in [1.54, 1.807) is 6.07 Å². The van der Waals surface area contributed by atoms with Gasteiger partial charge in [0.05, 0.1) is 31.7 Å². The van der Waals surface area contributed by atoms with Gasteiger partial charge in [-0.15, -0.1) is 0 Å². The second-order valence-corrected chi connectivity index (χ2v) is 23.6. The minimum Gasteiger partial charge on any atom is -0.504 e. The van der Waals surface area contributed by atoms with Crippen molar-refractivity contribution in [3.63, 3.8) is 0 Å². The van der Waals surface area contributed by atoms with Gasteiger partial charge in [0, 0.05) is 60.9 Å². The zero-order chi connectivity index (χ0) is 53.2. The number of aryl methyl sites for hydroxylation is 1. The number of anilines is 1. The molecule has 3 heterocycles. The number of allylic oxidation sites excluding steroid dienone is 3. The molecule has 1 aromatic heterocycles. The van der Waals surface area contributed by atoms with Crippen molar-refractivity contribution in [2.24, 2.45) is 35.5 Å². The van der Waals surface area contributed by atoms with E-state index in [0.29, 0.717) is 51.1 Å². The normalized spacial score (nSPS) is 29.9. The number of nitrogens with one attached hydrogen (secondary N) is 4. The molecule has 1 spiro atoms. The first-order valence-corrected chi connectivity index (χ1v) is 28.9. The number of fused-ring (bicyclic) bond motifs is 7. The summed E-state index contributed by atoms with van der Waals surface area (Å²) in [6.07, 6.45) is 19.6. The smallest absolute Gasteiger partial charge is 0.160 e. The fraction of sp³-hybridized carbons (Fsp3) is 0.463. The average molecular weight is 1040 g/mol. The Morgan fingerprint density at radius 1 is 0.883 bits per heavy atom. The Morgan fingerprint density at radius 3 is 2.58 bits per heavy atom. The maximum atomic E-state index is 15.3. The number of hydrogen-bond donors (Lipinski definition) is 7. The molecule has 11 bridgehead atoms. The van der Waals surface area contributed by atoms with Gasteiger partial charge in [-0.1, -0.05) is 118 Å². The number of dihydropyridines is 1. The van der Waals surface area contributed by atoms with E-state index < -0.39 is 29.5 Å². The molecule has 2 saturated carbocycles. The van der Waals surface area contributed by atoms with Crippen LogP contribution in [0.25, 0.3) is 16.8 Å². The number of Topliss-reactive ketones (excluding diaryl/α,β-unsaturated/α-hetero) is 2. The van der Waals surface area contributed by atoms with E-state index in [1.807, 2.05) is 24.3 Å². The van der Waals surface area contributed by atoms with Crippen molar-refractivity contribution < 1.29 is 29.6 Å². The Labute approximate surface area is 455 Å². The molecule has 0 saturated heterocycles. The van der Waals surface area contributed by atoms with Crippen molar-refractivity contribution in [2.75, 3.05) is 32.1 Å². The number of aliphatic hydroxyl groups is 2. The number of carbonyl (C=O) groups is 2. The molecule has 10 nitrogen and oxygen atoms in total. The summed E-state index contributed by atoms with van der Waals surface area (Å²) in [5.74, 6) is 7.70. The number of aromatic nitrogens is 1. The molecular formula is C67H78N4O6. The Morgan fingerprint density at radius 2 is 1.74 bits per heavy atom. The number of aromatic hydroxyl groups is 1. The predicted molar refractivity (Wildman–Crippen MR) is 307 cm³/mol. The van der Waals surface area contributed by atoms with E-state index in [-0.39, 0.29) is 65.7 Å². The Kier molecular flexibility index (Phi) is 15.7. The van der Waals surface area contributed by atoms with Crippen molar-refractivity contribution in [1.82, 2.24) is 15.6 Å². The maximum Gasteiger partial charge on any atom is 0.160 e. The standard InChI is InChI=1S/C67H78N4O6/c1-4-10-56-50-30-44(29-47-18-22-55(46-11-6-5-7-12-46)58-37-62(75)63(77-3)35-48(58)17-21-53(72)36-61(74)59(47)34-50)27-43-24-26-69-64(32-43)71-52-20-16-45-15-14-42(28-49(45)33-52)31-54(73)39-68-38-41(2)60-40-70-65-57(60)23-19-51-13-8-9-25-67(51,65)66(56)76/h5-7,11-12,14-16,19-20,23-24,28,32-33,35,37,40-41,44,47,50-51,54-56,59,66,68-71,73,75-76H,4,8-10,13,17,21,25-27,29-31,34,36,38-39H2,1-3H3/t41-,44+,47-,50+,51+,54-,55-,56+,59-,66-,67+/m1/s1. The van der Waals surface area contributed by atoms with E-state index in [2.05, 4.69) is 126 Å². The third-order valence-electron chi connectivity index (χ3n) is 18.6. The van der Waals surface area contributed by atoms with Gasteiger partial charge in [0.15, 0.2) is 11.5 Å². The third kappa shape index (κ3) is 10.9. The van der Waals surface area contributed by atoms with Crippen LogP contribution in [0.1, 0.15) is 142 Å². The highest BCUT2D eigenvalue weighted by atomic mass is 16.5. The molecule has 0 amide bonds. The number of rotatable bonds is 4. The van der Waals surface area contributed by atoms with E-state index in [4.69, 9.17) is 4.74 Å². The van der Waals surface area contributed by atoms with E-state index >= 15 is 4.79 Å². The molecule has 4 aromatic carbocycles. The number of ketones is 2. The minimum atomic E-state index is -0.690. The number of H-pyrrole nitrogens is 1. The number of aliphatic hydroxyl groups excluding tert-OH is 2. The van der Waals surface area contributed by atoms with Crippen molar-refractivity contribution in [3.05, 3.63) is 154 Å². The number of methoxy groups -OCH3 is 1. The van der Waals surface area contributed by atoms with Gasteiger partial charge in [-0.05, 0) is 167 Å². The molecule has 0 radical (unpaired) electrons. The highest BCUT2D eigenvalue weighted by Crippen LogP contribution is 2.56. The van der Waals surface area contributed by atoms with Gasteiger partial charge < -0.3 is 41.0 Å². The molecule has 2 aliphatic heterocycles. The highest BCUT2D eigenvalue weighted by Gasteiger charge is 2.54. The molecule has 0 unspecified atom stereocenters. The van der Waals surface area contributed by atoms with Crippen molar-refractivity contribution in [3.8, 4) is 23.3 Å². The molecule has 402 valence electrons. The molecule has 77 heavy (non-hydrogen) atoms. The van der Waals surface area contributed by atoms with Crippen LogP contribution in [0.5, 0.6) is 11.5 Å². The fourth-order valence-corrected chi connectivity index (χ4v) is 14.8. The summed E-state index contributed by atoms with van der Waals surface area (Å²) >= 11 is 0. The first-order valence-electron chi connectivity index (χ1n) is 28.9. The Balaban J connectivity index is 1.04. The first-order chi connectivity index (χ1) is 37.5. The summed E-state index contributed by atoms with van der Waals surface area (Å²) in [4.78, 5) is 33.3. The van der Waals surface area contributed by atoms with Crippen molar-refractivity contribution in [2.45, 2.75) is 133 Å². The van der Waals surface area contributed by atoms with Crippen LogP contribution in [0.15, 0.2) is 115 Å². The number of hydrogen-bond acceptors (Lipinski definition) is 9. The number of benzene rings is 4. The average Bonchev–Trinajstić information content (AvgIpc) is 4.03. The monoisotopic (exact) mass is 1030 g/mol. The lowest BCUT2D eigenvalue weighted by atomic mass is 9.54. The topological polar surface area (TPSA) is 156 Å². The van der Waals surface area contributed by atoms with Gasteiger partial charge in [0.1, 0.15) is 17.4 Å². The predicted octanol–water partition coefficient (Wildman–Crippen LogP) is 11.6. The van der Waals surface area contributed by atoms with Crippen LogP contribution in [-0.2, 0) is 27.8 Å². The van der Waals surface area contributed by atoms with Crippen LogP contribution in [0.2, 0.25) is 0 Å². The SMILES string of the molecule is CCC[C@H]1[C@H]2C[C@@H](CC3=CCNC(=C3)Nc3ccc4ccc(cc4c3)C[C@@H](O)CNC[C@@H](C)c3c[nH]c4c3C=C[C@@H]3CCCC[C@@]43[C@@H]1O)C[C@H]1C#C[C@H](c3ccccc3)c3cc(O)c(OC)cc3CCC(=O)CC(=O)[C@@H]1C2. The van der Waals surface area contributed by atoms with Gasteiger partial charge in [-0.25, -0.2) is 0 Å². The van der Waals surface area contributed by atoms with E-state index in [1.165, 1.54) is 23.8 Å². The van der Waals surface area contributed by atoms with Crippen LogP contribution in [0.3, 0.4) is 0 Å². The molecular weight excluding hydrogens is 957 g/mol. The van der Waals surface area contributed by atoms with Crippen LogP contribution in [0.4, 0.5) is 5.69 Å². The van der Waals surface area contributed by atoms with Gasteiger partial charge in [0.2, 0.25) is 0 Å². The lowest BCUT2D eigenvalue weighted by Gasteiger charge is -2.51. The first kappa shape index (κ1) is 52.7. The fourth-order valence-electron chi connectivity index (χ4n) is 14.8. The Hall–Kier alpha value is -6.38. The largest absolute Gasteiger partial charge is 0.504 e. The van der Waals surface area contributed by atoms with Crippen LogP contribution in [-0.4, -0.2) is 70.8 Å². The van der Waals surface area contributed by atoms with E-state index in [0.717, 1.165) is 102 Å². The van der Waals surface area contributed by atoms with Crippen molar-refractivity contribution >= 4 is 34.1 Å². The maximum absolute atomic E-state index is 15.3. The summed E-state index contributed by atoms with van der Waals surface area (Å²) in [6.45, 7) is 6.30. The van der Waals surface area contributed by atoms with Crippen LogP contribution >= 0.6 is 0 Å². The van der Waals surface area contributed by atoms with Gasteiger partial charge >= 0.3 is 0 Å². The summed E-state index contributed by atoms with van der Waals surface area (Å²) in [5, 5.41) is 49.6. The summed E-state index contributed by atoms with van der Waals surface area (Å²) in [5.41, 5.74) is 8.97. The number of ether oxygens (including phenoxy) is 1. The second-order valence-electron chi connectivity index (χ2n) is 23.6. The number of β-amino-alcohol motifs (C(OH)–C–C–N with tert-alkyl or cyclic N) is 1. The third-order valence-corrected chi connectivity index (χ3v) is 18.6. The molecule has 10 heteroatoms. The summed E-state index contributed by atoms with van der Waals surface area (Å²) in [6, 6.07) is 26.6. The van der Waals surface area contributed by atoms with Crippen molar-refractivity contribution in [1.29, 1.82) is 0 Å². The lowest BCUT2D eigenvalue weighted by molar-refractivity contribution is -0.130. The number of aromatic amines is 1. The lowest BCUT2D eigenvalue weighted by Crippen LogP contribution is -2.53. The Bertz CT molecular complexity index is 3140. The molecule has 5 aromatic rings. The molecule has 7 N–H and O–H groups in total. The summed E-state index contributed by atoms with van der Waals surface area (Å²) in [7, 11) is 1.53. The molecule has 6 aliphatic rings. The van der Waals surface area contributed by atoms with Crippen LogP contribution in [0, 0.1) is 47.3 Å². The second kappa shape index (κ2) is 22.9. The number of phenols is 1. The number of carbonyl (C=O) groups excluding carboxylic acids is 2. The quantitative estimate of drug-likeness (QED) is 0.0688. The highest BCUT2D eigenvalue weighted by molar-refractivity contribution is 6.00. The zero-order valence-corrected chi connectivity index (χ0v) is 45.3. The van der Waals surface area contributed by atoms with Crippen LogP contribution < -0.4 is 20.7 Å². The molecule has 11 rings (SSSR count). The van der Waals surface area contributed by atoms with Gasteiger partial charge in [-0.3, -0.25) is 9.59 Å². The van der Waals surface area contributed by atoms with Gasteiger partial charge in [-0.2, -0.15) is 0 Å². The molecule has 4 aliphatic carbocycles. The summed E-state index contributed by atoms with van der Waals surface area (Å²) < 4.78 is 5.59. The minimum absolute atomic E-state index is 0.0216. The number of phenolic OH excluding ortho intramolecular Hbond substituents is 1. The zero-order valence-electron chi connectivity index (χ0n) is 45.3. The molecule has 11 atom stereocenters.